The van der Waals surface area contributed by atoms with Crippen LogP contribution >= 0.6 is 11.3 Å². The summed E-state index contributed by atoms with van der Waals surface area (Å²) in [6.07, 6.45) is 0.581. The summed E-state index contributed by atoms with van der Waals surface area (Å²) in [5, 5.41) is 14.7. The van der Waals surface area contributed by atoms with Crippen LogP contribution in [0.2, 0.25) is 0 Å². The van der Waals surface area contributed by atoms with E-state index in [9.17, 15) is 9.90 Å². The summed E-state index contributed by atoms with van der Waals surface area (Å²) in [6.45, 7) is 4.77. The lowest BCUT2D eigenvalue weighted by atomic mass is 9.64. The van der Waals surface area contributed by atoms with Crippen molar-refractivity contribution in [2.24, 2.45) is 5.41 Å². The maximum absolute atomic E-state index is 10.9. The van der Waals surface area contributed by atoms with Crippen LogP contribution in [0, 0.1) is 5.41 Å². The molecule has 2 rings (SSSR count). The molecule has 0 aliphatic heterocycles. The van der Waals surface area contributed by atoms with Crippen molar-refractivity contribution in [2.45, 2.75) is 39.0 Å². The SMILES string of the molecule is CC1(C)C(O)CC1NCc1csc(=O)[nH]1. The Morgan fingerprint density at radius 1 is 1.73 bits per heavy atom. The van der Waals surface area contributed by atoms with Crippen LogP contribution in [0.5, 0.6) is 0 Å². The fourth-order valence-corrected chi connectivity index (χ4v) is 2.46. The molecular weight excluding hydrogens is 212 g/mol. The summed E-state index contributed by atoms with van der Waals surface area (Å²) in [5.74, 6) is 0. The fourth-order valence-electron chi connectivity index (χ4n) is 1.88. The average molecular weight is 228 g/mol. The van der Waals surface area contributed by atoms with Crippen molar-refractivity contribution in [1.29, 1.82) is 0 Å². The number of aliphatic hydroxyl groups excluding tert-OH is 1. The van der Waals surface area contributed by atoms with Gasteiger partial charge in [-0.1, -0.05) is 25.2 Å². The Hall–Kier alpha value is -0.650. The molecule has 1 heterocycles. The minimum atomic E-state index is -0.212. The third-order valence-corrected chi connectivity index (χ3v) is 4.04. The molecular formula is C10H16N2O2S. The molecule has 0 saturated heterocycles. The predicted molar refractivity (Wildman–Crippen MR) is 60.0 cm³/mol. The number of rotatable bonds is 3. The third-order valence-electron chi connectivity index (χ3n) is 3.33. The Morgan fingerprint density at radius 3 is 2.93 bits per heavy atom. The topological polar surface area (TPSA) is 65.1 Å². The average Bonchev–Trinajstić information content (AvgIpc) is 2.58. The fraction of sp³-hybridized carbons (Fsp3) is 0.700. The van der Waals surface area contributed by atoms with E-state index in [2.05, 4.69) is 24.1 Å². The van der Waals surface area contributed by atoms with E-state index >= 15 is 0 Å². The van der Waals surface area contributed by atoms with E-state index in [0.29, 0.717) is 12.6 Å². The van der Waals surface area contributed by atoms with E-state index in [1.165, 1.54) is 11.3 Å². The highest BCUT2D eigenvalue weighted by molar-refractivity contribution is 7.07. The first-order valence-corrected chi connectivity index (χ1v) is 5.96. The van der Waals surface area contributed by atoms with Crippen LogP contribution < -0.4 is 10.2 Å². The van der Waals surface area contributed by atoms with Crippen LogP contribution in [-0.4, -0.2) is 22.2 Å². The van der Waals surface area contributed by atoms with Crippen LogP contribution in [-0.2, 0) is 6.54 Å². The molecule has 0 aromatic carbocycles. The van der Waals surface area contributed by atoms with E-state index in [4.69, 9.17) is 0 Å². The highest BCUT2D eigenvalue weighted by Gasteiger charge is 2.46. The summed E-state index contributed by atoms with van der Waals surface area (Å²) in [5.41, 5.74) is 0.859. The Morgan fingerprint density at radius 2 is 2.47 bits per heavy atom. The number of nitrogens with one attached hydrogen (secondary N) is 2. The Balaban J connectivity index is 1.87. The predicted octanol–water partition coefficient (Wildman–Crippen LogP) is 0.685. The van der Waals surface area contributed by atoms with E-state index in [0.717, 1.165) is 12.1 Å². The molecule has 1 fully saturated rings. The quantitative estimate of drug-likeness (QED) is 0.713. The van der Waals surface area contributed by atoms with Gasteiger partial charge in [-0.3, -0.25) is 4.79 Å². The van der Waals surface area contributed by atoms with E-state index in [1.807, 2.05) is 5.38 Å². The molecule has 0 amide bonds. The molecule has 2 unspecified atom stereocenters. The number of aromatic amines is 1. The van der Waals surface area contributed by atoms with Crippen molar-refractivity contribution < 1.29 is 5.11 Å². The van der Waals surface area contributed by atoms with Crippen LogP contribution in [0.15, 0.2) is 10.2 Å². The Bertz CT molecular complexity index is 396. The molecule has 1 saturated carbocycles. The highest BCUT2D eigenvalue weighted by atomic mass is 32.1. The van der Waals surface area contributed by atoms with Gasteiger partial charge in [0.25, 0.3) is 0 Å². The van der Waals surface area contributed by atoms with E-state index in [1.54, 1.807) is 0 Å². The number of H-pyrrole nitrogens is 1. The first-order chi connectivity index (χ1) is 7.00. The van der Waals surface area contributed by atoms with Gasteiger partial charge in [0, 0.05) is 29.1 Å². The van der Waals surface area contributed by atoms with Crippen molar-refractivity contribution >= 4 is 11.3 Å². The molecule has 4 nitrogen and oxygen atoms in total. The van der Waals surface area contributed by atoms with Crippen molar-refractivity contribution in [3.8, 4) is 0 Å². The van der Waals surface area contributed by atoms with Gasteiger partial charge in [-0.25, -0.2) is 0 Å². The second kappa shape index (κ2) is 3.73. The molecule has 0 spiro atoms. The van der Waals surface area contributed by atoms with E-state index in [-0.39, 0.29) is 16.4 Å². The zero-order chi connectivity index (χ0) is 11.1. The monoisotopic (exact) mass is 228 g/mol. The molecule has 1 aliphatic carbocycles. The van der Waals surface area contributed by atoms with Gasteiger partial charge in [0.15, 0.2) is 0 Å². The summed E-state index contributed by atoms with van der Waals surface area (Å²) in [6, 6.07) is 0.330. The minimum absolute atomic E-state index is 0.0142. The van der Waals surface area contributed by atoms with Gasteiger partial charge in [0.1, 0.15) is 0 Å². The second-order valence-corrected chi connectivity index (χ2v) is 5.52. The zero-order valence-electron chi connectivity index (χ0n) is 8.91. The van der Waals surface area contributed by atoms with Gasteiger partial charge >= 0.3 is 4.87 Å². The second-order valence-electron chi connectivity index (χ2n) is 4.68. The van der Waals surface area contributed by atoms with Gasteiger partial charge < -0.3 is 15.4 Å². The maximum Gasteiger partial charge on any atom is 0.304 e. The maximum atomic E-state index is 10.9. The third kappa shape index (κ3) is 2.00. The number of hydrogen-bond acceptors (Lipinski definition) is 4. The summed E-state index contributed by atoms with van der Waals surface area (Å²) >= 11 is 1.18. The lowest BCUT2D eigenvalue weighted by molar-refractivity contribution is -0.0730. The van der Waals surface area contributed by atoms with Gasteiger partial charge in [-0.15, -0.1) is 0 Å². The Kier molecular flexibility index (Phi) is 2.70. The number of thiazole rings is 1. The molecule has 1 aliphatic rings. The zero-order valence-corrected chi connectivity index (χ0v) is 9.73. The molecule has 1 aromatic rings. The van der Waals surface area contributed by atoms with Gasteiger partial charge in [0.05, 0.1) is 6.10 Å². The summed E-state index contributed by atoms with van der Waals surface area (Å²) < 4.78 is 0. The summed E-state index contributed by atoms with van der Waals surface area (Å²) in [7, 11) is 0. The van der Waals surface area contributed by atoms with Crippen molar-refractivity contribution in [1.82, 2.24) is 10.3 Å². The molecule has 84 valence electrons. The molecule has 2 atom stereocenters. The first-order valence-electron chi connectivity index (χ1n) is 5.08. The van der Waals surface area contributed by atoms with Crippen LogP contribution in [0.3, 0.4) is 0 Å². The van der Waals surface area contributed by atoms with E-state index < -0.39 is 0 Å². The minimum Gasteiger partial charge on any atom is -0.392 e. The van der Waals surface area contributed by atoms with Gasteiger partial charge in [-0.05, 0) is 6.42 Å². The summed E-state index contributed by atoms with van der Waals surface area (Å²) in [4.78, 5) is 13.6. The molecule has 15 heavy (non-hydrogen) atoms. The molecule has 0 radical (unpaired) electrons. The lowest BCUT2D eigenvalue weighted by Gasteiger charge is -2.49. The van der Waals surface area contributed by atoms with Crippen molar-refractivity contribution in [3.05, 3.63) is 20.7 Å². The van der Waals surface area contributed by atoms with Crippen LogP contribution in [0.1, 0.15) is 26.0 Å². The number of aliphatic hydroxyl groups is 1. The Labute approximate surface area is 92.3 Å². The molecule has 0 bridgehead atoms. The van der Waals surface area contributed by atoms with Gasteiger partial charge in [0.2, 0.25) is 0 Å². The normalized spacial score (nSPS) is 28.7. The molecule has 3 N–H and O–H groups in total. The molecule has 1 aromatic heterocycles. The van der Waals surface area contributed by atoms with Crippen LogP contribution in [0.25, 0.3) is 0 Å². The number of aromatic nitrogens is 1. The first kappa shape index (κ1) is 10.9. The van der Waals surface area contributed by atoms with Crippen LogP contribution in [0.4, 0.5) is 0 Å². The lowest BCUT2D eigenvalue weighted by Crippen LogP contribution is -2.59. The van der Waals surface area contributed by atoms with Crippen molar-refractivity contribution in [2.75, 3.05) is 0 Å². The standard InChI is InChI=1S/C10H16N2O2S/c1-10(2)7(3-8(10)13)11-4-6-5-15-9(14)12-6/h5,7-8,11,13H,3-4H2,1-2H3,(H,12,14). The highest BCUT2D eigenvalue weighted by Crippen LogP contribution is 2.40. The van der Waals surface area contributed by atoms with Crippen molar-refractivity contribution in [3.63, 3.8) is 0 Å². The molecule has 5 heteroatoms. The van der Waals surface area contributed by atoms with Gasteiger partial charge in [-0.2, -0.15) is 0 Å². The largest absolute Gasteiger partial charge is 0.392 e. The smallest absolute Gasteiger partial charge is 0.304 e. The number of hydrogen-bond donors (Lipinski definition) is 3.